The third-order valence-electron chi connectivity index (χ3n) is 4.88. The number of carbonyl (C=O) groups is 2. The molecule has 6 heteroatoms. The molecule has 0 aliphatic rings. The number of furan rings is 1. The van der Waals surface area contributed by atoms with Crippen molar-refractivity contribution in [3.05, 3.63) is 120 Å². The zero-order chi connectivity index (χ0) is 22.3. The number of anilines is 2. The summed E-state index contributed by atoms with van der Waals surface area (Å²) in [5.41, 5.74) is 2.80. The van der Waals surface area contributed by atoms with E-state index in [-0.39, 0.29) is 36.4 Å². The summed E-state index contributed by atoms with van der Waals surface area (Å²) in [6, 6.07) is 25.7. The summed E-state index contributed by atoms with van der Waals surface area (Å²) >= 11 is 0. The van der Waals surface area contributed by atoms with Gasteiger partial charge < -0.3 is 14.6 Å². The highest BCUT2D eigenvalue weighted by atomic mass is 19.1. The summed E-state index contributed by atoms with van der Waals surface area (Å²) in [6.07, 6.45) is 1.63. The Hall–Kier alpha value is -4.19. The lowest BCUT2D eigenvalue weighted by molar-refractivity contribution is -0.115. The topological polar surface area (TPSA) is 62.6 Å². The quantitative estimate of drug-likeness (QED) is 0.426. The van der Waals surface area contributed by atoms with E-state index in [2.05, 4.69) is 5.32 Å². The molecule has 0 aliphatic heterocycles. The molecule has 32 heavy (non-hydrogen) atoms. The average Bonchev–Trinajstić information content (AvgIpc) is 3.33. The standard InChI is InChI=1S/C26H21FN2O3/c27-21-7-4-6-20(16-21)18-29(26(31)24-10-5-15-32-24)23-13-11-19(12-14-23)17-25(30)28-22-8-2-1-3-9-22/h1-16H,17-18H2,(H,28,30). The molecule has 1 heterocycles. The molecule has 0 bridgehead atoms. The van der Waals surface area contributed by atoms with Crippen molar-refractivity contribution in [1.29, 1.82) is 0 Å². The maximum absolute atomic E-state index is 13.7. The molecule has 3 aromatic carbocycles. The van der Waals surface area contributed by atoms with Gasteiger partial charge in [0.25, 0.3) is 5.91 Å². The molecular formula is C26H21FN2O3. The van der Waals surface area contributed by atoms with E-state index in [1.165, 1.54) is 23.3 Å². The van der Waals surface area contributed by atoms with Gasteiger partial charge in [-0.3, -0.25) is 9.59 Å². The highest BCUT2D eigenvalue weighted by Crippen LogP contribution is 2.22. The Morgan fingerprint density at radius 1 is 0.844 bits per heavy atom. The van der Waals surface area contributed by atoms with Gasteiger partial charge in [0, 0.05) is 11.4 Å². The summed E-state index contributed by atoms with van der Waals surface area (Å²) in [4.78, 5) is 26.9. The van der Waals surface area contributed by atoms with Crippen LogP contribution < -0.4 is 10.2 Å². The van der Waals surface area contributed by atoms with Gasteiger partial charge in [-0.05, 0) is 59.7 Å². The first-order chi connectivity index (χ1) is 15.6. The summed E-state index contributed by atoms with van der Waals surface area (Å²) in [5.74, 6) is -0.651. The Labute approximate surface area is 185 Å². The predicted molar refractivity (Wildman–Crippen MR) is 121 cm³/mol. The normalized spacial score (nSPS) is 10.5. The molecule has 0 fully saturated rings. The largest absolute Gasteiger partial charge is 0.459 e. The second-order valence-electron chi connectivity index (χ2n) is 7.26. The Balaban J connectivity index is 1.52. The van der Waals surface area contributed by atoms with Crippen LogP contribution in [0, 0.1) is 5.82 Å². The van der Waals surface area contributed by atoms with Gasteiger partial charge in [-0.25, -0.2) is 4.39 Å². The molecule has 0 radical (unpaired) electrons. The Morgan fingerprint density at radius 2 is 1.62 bits per heavy atom. The third kappa shape index (κ3) is 5.29. The van der Waals surface area contributed by atoms with E-state index in [0.29, 0.717) is 11.3 Å². The SMILES string of the molecule is O=C(Cc1ccc(N(Cc2cccc(F)c2)C(=O)c2ccco2)cc1)Nc1ccccc1. The zero-order valence-corrected chi connectivity index (χ0v) is 17.2. The lowest BCUT2D eigenvalue weighted by Gasteiger charge is -2.22. The van der Waals surface area contributed by atoms with Gasteiger partial charge in [0.15, 0.2) is 5.76 Å². The molecule has 0 spiro atoms. The number of halogens is 1. The number of hydrogen-bond donors (Lipinski definition) is 1. The maximum Gasteiger partial charge on any atom is 0.294 e. The van der Waals surface area contributed by atoms with Crippen molar-refractivity contribution >= 4 is 23.2 Å². The number of hydrogen-bond acceptors (Lipinski definition) is 3. The van der Waals surface area contributed by atoms with Crippen molar-refractivity contribution in [3.8, 4) is 0 Å². The molecule has 0 saturated carbocycles. The Kier molecular flexibility index (Phi) is 6.41. The lowest BCUT2D eigenvalue weighted by Crippen LogP contribution is -2.30. The van der Waals surface area contributed by atoms with E-state index in [1.54, 1.807) is 48.5 Å². The van der Waals surface area contributed by atoms with Crippen LogP contribution in [0.5, 0.6) is 0 Å². The molecule has 4 aromatic rings. The van der Waals surface area contributed by atoms with Gasteiger partial charge >= 0.3 is 0 Å². The fourth-order valence-electron chi connectivity index (χ4n) is 3.34. The molecule has 0 unspecified atom stereocenters. The number of nitrogens with one attached hydrogen (secondary N) is 1. The van der Waals surface area contributed by atoms with Gasteiger partial charge in [-0.2, -0.15) is 0 Å². The fourth-order valence-corrected chi connectivity index (χ4v) is 3.34. The Morgan fingerprint density at radius 3 is 2.31 bits per heavy atom. The van der Waals surface area contributed by atoms with Crippen molar-refractivity contribution in [2.45, 2.75) is 13.0 Å². The van der Waals surface area contributed by atoms with Crippen LogP contribution in [0.2, 0.25) is 0 Å². The van der Waals surface area contributed by atoms with Crippen LogP contribution >= 0.6 is 0 Å². The summed E-state index contributed by atoms with van der Waals surface area (Å²) in [6.45, 7) is 0.172. The molecule has 0 saturated heterocycles. The van der Waals surface area contributed by atoms with Crippen molar-refractivity contribution in [3.63, 3.8) is 0 Å². The number of amides is 2. The minimum absolute atomic E-state index is 0.132. The number of rotatable bonds is 7. The molecule has 0 atom stereocenters. The van der Waals surface area contributed by atoms with Gasteiger partial charge in [0.2, 0.25) is 5.91 Å². The van der Waals surface area contributed by atoms with E-state index in [1.807, 2.05) is 30.3 Å². The highest BCUT2D eigenvalue weighted by molar-refractivity contribution is 6.04. The van der Waals surface area contributed by atoms with Crippen LogP contribution in [-0.4, -0.2) is 11.8 Å². The van der Waals surface area contributed by atoms with E-state index >= 15 is 0 Å². The smallest absolute Gasteiger partial charge is 0.294 e. The molecule has 160 valence electrons. The number of para-hydroxylation sites is 1. The highest BCUT2D eigenvalue weighted by Gasteiger charge is 2.21. The molecule has 2 amide bonds. The molecular weight excluding hydrogens is 407 g/mol. The van der Waals surface area contributed by atoms with Crippen molar-refractivity contribution in [2.75, 3.05) is 10.2 Å². The zero-order valence-electron chi connectivity index (χ0n) is 17.2. The van der Waals surface area contributed by atoms with Crippen LogP contribution in [0.1, 0.15) is 21.7 Å². The van der Waals surface area contributed by atoms with E-state index in [4.69, 9.17) is 4.42 Å². The average molecular weight is 428 g/mol. The van der Waals surface area contributed by atoms with Gasteiger partial charge in [0.1, 0.15) is 5.82 Å². The Bertz CT molecular complexity index is 1190. The molecule has 0 aliphatic carbocycles. The summed E-state index contributed by atoms with van der Waals surface area (Å²) in [5, 5.41) is 2.85. The van der Waals surface area contributed by atoms with Gasteiger partial charge in [-0.15, -0.1) is 0 Å². The third-order valence-corrected chi connectivity index (χ3v) is 4.88. The van der Waals surface area contributed by atoms with Crippen LogP contribution in [0.3, 0.4) is 0 Å². The number of carbonyl (C=O) groups excluding carboxylic acids is 2. The van der Waals surface area contributed by atoms with Crippen molar-refractivity contribution in [2.24, 2.45) is 0 Å². The van der Waals surface area contributed by atoms with Gasteiger partial charge in [-0.1, -0.05) is 42.5 Å². The predicted octanol–water partition coefficient (Wildman–Crippen LogP) is 5.45. The molecule has 4 rings (SSSR count). The van der Waals surface area contributed by atoms with Crippen LogP contribution in [-0.2, 0) is 17.8 Å². The summed E-state index contributed by atoms with van der Waals surface area (Å²) in [7, 11) is 0. The lowest BCUT2D eigenvalue weighted by atomic mass is 10.1. The first kappa shape index (κ1) is 21.1. The minimum Gasteiger partial charge on any atom is -0.459 e. The first-order valence-electron chi connectivity index (χ1n) is 10.1. The minimum atomic E-state index is -0.368. The van der Waals surface area contributed by atoms with Gasteiger partial charge in [0.05, 0.1) is 19.2 Å². The second-order valence-corrected chi connectivity index (χ2v) is 7.26. The summed E-state index contributed by atoms with van der Waals surface area (Å²) < 4.78 is 18.9. The monoisotopic (exact) mass is 428 g/mol. The molecule has 5 nitrogen and oxygen atoms in total. The molecule has 1 N–H and O–H groups in total. The van der Waals surface area contributed by atoms with Crippen LogP contribution in [0.4, 0.5) is 15.8 Å². The van der Waals surface area contributed by atoms with Crippen molar-refractivity contribution in [1.82, 2.24) is 0 Å². The van der Waals surface area contributed by atoms with Crippen LogP contribution in [0.15, 0.2) is 102 Å². The van der Waals surface area contributed by atoms with E-state index < -0.39 is 0 Å². The molecule has 1 aromatic heterocycles. The second kappa shape index (κ2) is 9.75. The van der Waals surface area contributed by atoms with E-state index in [0.717, 1.165) is 11.3 Å². The van der Waals surface area contributed by atoms with E-state index in [9.17, 15) is 14.0 Å². The first-order valence-corrected chi connectivity index (χ1v) is 10.1. The van der Waals surface area contributed by atoms with Crippen LogP contribution in [0.25, 0.3) is 0 Å². The fraction of sp³-hybridized carbons (Fsp3) is 0.0769. The van der Waals surface area contributed by atoms with Crippen molar-refractivity contribution < 1.29 is 18.4 Å². The number of benzene rings is 3. The maximum atomic E-state index is 13.7. The number of nitrogens with zero attached hydrogens (tertiary/aromatic N) is 1.